The topological polar surface area (TPSA) is 97.0 Å². The Bertz CT molecular complexity index is 1100. The van der Waals surface area contributed by atoms with Crippen LogP contribution in [0.4, 0.5) is 5.69 Å². The zero-order chi connectivity index (χ0) is 25.8. The van der Waals surface area contributed by atoms with Gasteiger partial charge in [-0.05, 0) is 43.5 Å². The van der Waals surface area contributed by atoms with E-state index in [9.17, 15) is 14.4 Å². The van der Waals surface area contributed by atoms with Gasteiger partial charge < -0.3 is 25.0 Å². The molecule has 4 atom stereocenters. The number of benzene rings is 2. The first-order valence-corrected chi connectivity index (χ1v) is 12.6. The maximum Gasteiger partial charge on any atom is 0.257 e. The monoisotopic (exact) mass is 493 g/mol. The minimum atomic E-state index is -0.342. The molecule has 36 heavy (non-hydrogen) atoms. The fourth-order valence-electron chi connectivity index (χ4n) is 4.72. The van der Waals surface area contributed by atoms with Gasteiger partial charge in [-0.25, -0.2) is 0 Å². The van der Waals surface area contributed by atoms with Crippen molar-refractivity contribution in [3.8, 4) is 5.75 Å². The number of anilines is 1. The van der Waals surface area contributed by atoms with Gasteiger partial charge in [0.15, 0.2) is 0 Å². The van der Waals surface area contributed by atoms with Gasteiger partial charge in [0, 0.05) is 18.7 Å². The van der Waals surface area contributed by atoms with E-state index in [0.29, 0.717) is 29.8 Å². The summed E-state index contributed by atoms with van der Waals surface area (Å²) in [4.78, 5) is 39.8. The van der Waals surface area contributed by atoms with Crippen LogP contribution in [0.25, 0.3) is 0 Å². The Balaban J connectivity index is 1.40. The lowest BCUT2D eigenvalue weighted by Crippen LogP contribution is -2.54. The predicted molar refractivity (Wildman–Crippen MR) is 137 cm³/mol. The number of ether oxygens (including phenoxy) is 2. The highest BCUT2D eigenvalue weighted by Gasteiger charge is 2.39. The van der Waals surface area contributed by atoms with E-state index in [1.165, 1.54) is 0 Å². The summed E-state index contributed by atoms with van der Waals surface area (Å²) in [5, 5.41) is 5.89. The number of carbonyl (C=O) groups is 3. The van der Waals surface area contributed by atoms with Crippen molar-refractivity contribution in [2.45, 2.75) is 64.3 Å². The standard InChI is InChI=1S/C28H35N3O5/c1-17(2)27(33)30-20-10-13-24-22(14-20)28(34)31(4)23-12-11-21(36-25(23)16-35-24)15-26(32)29-18(3)19-8-6-5-7-9-19/h5-10,13-14,17-18,21,23,25H,11-12,15-16H2,1-4H3,(H,29,32)(H,30,33)/t18-,21+,23-,25-/m1/s1. The van der Waals surface area contributed by atoms with Gasteiger partial charge in [0.25, 0.3) is 5.91 Å². The highest BCUT2D eigenvalue weighted by molar-refractivity contribution is 6.00. The molecule has 0 spiro atoms. The van der Waals surface area contributed by atoms with E-state index in [1.807, 2.05) is 51.1 Å². The number of likely N-dealkylation sites (N-methyl/N-ethyl adjacent to an activating group) is 1. The Kier molecular flexibility index (Phi) is 7.94. The maximum atomic E-state index is 13.3. The summed E-state index contributed by atoms with van der Waals surface area (Å²) in [7, 11) is 1.77. The number of nitrogens with zero attached hydrogens (tertiary/aromatic N) is 1. The molecule has 0 aliphatic carbocycles. The maximum absolute atomic E-state index is 13.3. The number of fused-ring (bicyclic) bond motifs is 2. The number of hydrogen-bond acceptors (Lipinski definition) is 5. The third-order valence-electron chi connectivity index (χ3n) is 6.89. The van der Waals surface area contributed by atoms with Gasteiger partial charge in [0.1, 0.15) is 18.5 Å². The number of rotatable bonds is 6. The van der Waals surface area contributed by atoms with Crippen LogP contribution in [0, 0.1) is 5.92 Å². The zero-order valence-corrected chi connectivity index (χ0v) is 21.3. The van der Waals surface area contributed by atoms with Crippen molar-refractivity contribution in [3.63, 3.8) is 0 Å². The highest BCUT2D eigenvalue weighted by atomic mass is 16.5. The van der Waals surface area contributed by atoms with E-state index < -0.39 is 0 Å². The van der Waals surface area contributed by atoms with Crippen molar-refractivity contribution in [2.75, 3.05) is 19.0 Å². The summed E-state index contributed by atoms with van der Waals surface area (Å²) in [6.45, 7) is 5.86. The molecule has 0 unspecified atom stereocenters. The normalized spacial score (nSPS) is 22.4. The van der Waals surface area contributed by atoms with E-state index in [0.717, 1.165) is 5.56 Å². The lowest BCUT2D eigenvalue weighted by Gasteiger charge is -2.42. The molecule has 2 heterocycles. The second-order valence-electron chi connectivity index (χ2n) is 9.93. The van der Waals surface area contributed by atoms with Crippen LogP contribution in [0.15, 0.2) is 48.5 Å². The average Bonchev–Trinajstić information content (AvgIpc) is 2.86. The predicted octanol–water partition coefficient (Wildman–Crippen LogP) is 3.93. The van der Waals surface area contributed by atoms with Crippen LogP contribution in [0.1, 0.15) is 62.0 Å². The van der Waals surface area contributed by atoms with Crippen molar-refractivity contribution in [1.29, 1.82) is 0 Å². The molecule has 1 fully saturated rings. The first-order chi connectivity index (χ1) is 17.2. The molecule has 2 aliphatic heterocycles. The van der Waals surface area contributed by atoms with Gasteiger partial charge in [0.05, 0.1) is 30.2 Å². The molecule has 4 rings (SSSR count). The van der Waals surface area contributed by atoms with E-state index in [4.69, 9.17) is 9.47 Å². The molecule has 2 aliphatic rings. The Hall–Kier alpha value is -3.39. The number of amides is 3. The molecule has 1 saturated heterocycles. The zero-order valence-electron chi connectivity index (χ0n) is 21.3. The summed E-state index contributed by atoms with van der Waals surface area (Å²) in [6.07, 6.45) is 1.05. The fraction of sp³-hybridized carbons (Fsp3) is 0.464. The van der Waals surface area contributed by atoms with Crippen LogP contribution >= 0.6 is 0 Å². The molecule has 0 aromatic heterocycles. The highest BCUT2D eigenvalue weighted by Crippen LogP contribution is 2.32. The quantitative estimate of drug-likeness (QED) is 0.636. The first kappa shape index (κ1) is 25.7. The number of hydrogen-bond donors (Lipinski definition) is 2. The minimum Gasteiger partial charge on any atom is -0.490 e. The van der Waals surface area contributed by atoms with Gasteiger partial charge >= 0.3 is 0 Å². The van der Waals surface area contributed by atoms with Crippen molar-refractivity contribution >= 4 is 23.4 Å². The molecule has 0 saturated carbocycles. The van der Waals surface area contributed by atoms with E-state index in [-0.39, 0.29) is 61.0 Å². The molecule has 0 radical (unpaired) electrons. The van der Waals surface area contributed by atoms with Crippen LogP contribution in [-0.2, 0) is 14.3 Å². The fourth-order valence-corrected chi connectivity index (χ4v) is 4.72. The van der Waals surface area contributed by atoms with Gasteiger partial charge in [-0.3, -0.25) is 14.4 Å². The minimum absolute atomic E-state index is 0.0627. The molecule has 2 N–H and O–H groups in total. The van der Waals surface area contributed by atoms with Gasteiger partial charge in [0.2, 0.25) is 11.8 Å². The average molecular weight is 494 g/mol. The Labute approximate surface area is 212 Å². The Morgan fingerprint density at radius 1 is 1.08 bits per heavy atom. The summed E-state index contributed by atoms with van der Waals surface area (Å²) in [5.41, 5.74) is 2.02. The van der Waals surface area contributed by atoms with Crippen LogP contribution in [0.5, 0.6) is 5.75 Å². The van der Waals surface area contributed by atoms with Crippen LogP contribution in [0.3, 0.4) is 0 Å². The second-order valence-corrected chi connectivity index (χ2v) is 9.93. The van der Waals surface area contributed by atoms with Crippen molar-refractivity contribution in [1.82, 2.24) is 10.2 Å². The smallest absolute Gasteiger partial charge is 0.257 e. The molecule has 2 aromatic rings. The number of nitrogens with one attached hydrogen (secondary N) is 2. The summed E-state index contributed by atoms with van der Waals surface area (Å²) in [5.74, 6) is -0.0769. The summed E-state index contributed by atoms with van der Waals surface area (Å²) >= 11 is 0. The molecule has 0 bridgehead atoms. The van der Waals surface area contributed by atoms with Crippen molar-refractivity contribution < 1.29 is 23.9 Å². The number of carbonyl (C=O) groups excluding carboxylic acids is 3. The lowest BCUT2D eigenvalue weighted by molar-refractivity contribution is -0.134. The van der Waals surface area contributed by atoms with E-state index in [2.05, 4.69) is 10.6 Å². The molecule has 192 valence electrons. The largest absolute Gasteiger partial charge is 0.490 e. The Morgan fingerprint density at radius 3 is 2.56 bits per heavy atom. The van der Waals surface area contributed by atoms with Crippen LogP contribution in [0.2, 0.25) is 0 Å². The summed E-state index contributed by atoms with van der Waals surface area (Å²) in [6, 6.07) is 14.7. The summed E-state index contributed by atoms with van der Waals surface area (Å²) < 4.78 is 12.3. The molecule has 8 nitrogen and oxygen atoms in total. The van der Waals surface area contributed by atoms with Gasteiger partial charge in [-0.15, -0.1) is 0 Å². The SMILES string of the molecule is CC(C)C(=O)Nc1ccc2c(c1)C(=O)N(C)[C@@H]1CC[C@@H](CC(=O)N[C@H](C)c3ccccc3)O[C@@H]1CO2. The van der Waals surface area contributed by atoms with Gasteiger partial charge in [-0.2, -0.15) is 0 Å². The molecule has 2 aromatic carbocycles. The molecular weight excluding hydrogens is 458 g/mol. The van der Waals surface area contributed by atoms with Gasteiger partial charge in [-0.1, -0.05) is 44.2 Å². The van der Waals surface area contributed by atoms with Crippen LogP contribution < -0.4 is 15.4 Å². The second kappa shape index (κ2) is 11.1. The molecule has 3 amide bonds. The lowest BCUT2D eigenvalue weighted by atomic mass is 9.94. The van der Waals surface area contributed by atoms with Crippen molar-refractivity contribution in [3.05, 3.63) is 59.7 Å². The molecular formula is C28H35N3O5. The molecule has 8 heteroatoms. The first-order valence-electron chi connectivity index (χ1n) is 12.6. The third kappa shape index (κ3) is 5.87. The van der Waals surface area contributed by atoms with Crippen LogP contribution in [-0.4, -0.2) is 54.5 Å². The van der Waals surface area contributed by atoms with E-state index >= 15 is 0 Å². The van der Waals surface area contributed by atoms with E-state index in [1.54, 1.807) is 30.1 Å². The third-order valence-corrected chi connectivity index (χ3v) is 6.89. The van der Waals surface area contributed by atoms with Crippen molar-refractivity contribution in [2.24, 2.45) is 5.92 Å². The Morgan fingerprint density at radius 2 is 1.83 bits per heavy atom.